The van der Waals surface area contributed by atoms with E-state index in [0.29, 0.717) is 6.42 Å². The molecule has 1 atom stereocenters. The number of primary amides is 1. The summed E-state index contributed by atoms with van der Waals surface area (Å²) >= 11 is 0. The average molecular weight is 412 g/mol. The SMILES string of the molecule is CC(C(=O)N[C@@H](Cc1c[nH]c2ccccc12)C(N)=O)(c1ccccc1)c1ccccc1. The summed E-state index contributed by atoms with van der Waals surface area (Å²) in [4.78, 5) is 29.1. The molecule has 1 aromatic heterocycles. The molecule has 156 valence electrons. The Bertz CT molecular complexity index is 1160. The highest BCUT2D eigenvalue weighted by molar-refractivity contribution is 5.95. The van der Waals surface area contributed by atoms with Crippen molar-refractivity contribution in [3.8, 4) is 0 Å². The molecule has 5 nitrogen and oxygen atoms in total. The predicted octanol–water partition coefficient (Wildman–Crippen LogP) is 3.69. The highest BCUT2D eigenvalue weighted by atomic mass is 16.2. The summed E-state index contributed by atoms with van der Waals surface area (Å²) in [7, 11) is 0. The Morgan fingerprint density at radius 1 is 0.903 bits per heavy atom. The van der Waals surface area contributed by atoms with Crippen molar-refractivity contribution in [3.63, 3.8) is 0 Å². The third-order valence-corrected chi connectivity index (χ3v) is 5.90. The molecule has 0 saturated heterocycles. The van der Waals surface area contributed by atoms with Crippen LogP contribution in [0.15, 0.2) is 91.1 Å². The summed E-state index contributed by atoms with van der Waals surface area (Å²) in [6, 6.07) is 26.1. The number of aromatic nitrogens is 1. The van der Waals surface area contributed by atoms with E-state index in [1.807, 2.05) is 98.0 Å². The molecular weight excluding hydrogens is 386 g/mol. The lowest BCUT2D eigenvalue weighted by molar-refractivity contribution is -0.129. The zero-order chi connectivity index (χ0) is 21.8. The van der Waals surface area contributed by atoms with E-state index in [9.17, 15) is 9.59 Å². The van der Waals surface area contributed by atoms with Crippen LogP contribution in [-0.4, -0.2) is 22.8 Å². The smallest absolute Gasteiger partial charge is 0.240 e. The maximum Gasteiger partial charge on any atom is 0.240 e. The van der Waals surface area contributed by atoms with Gasteiger partial charge in [-0.05, 0) is 29.7 Å². The van der Waals surface area contributed by atoms with Gasteiger partial charge < -0.3 is 16.0 Å². The number of benzene rings is 3. The second kappa shape index (κ2) is 8.48. The molecule has 0 aliphatic heterocycles. The molecule has 0 aliphatic carbocycles. The second-order valence-corrected chi connectivity index (χ2v) is 7.85. The average Bonchev–Trinajstić information content (AvgIpc) is 3.22. The summed E-state index contributed by atoms with van der Waals surface area (Å²) in [5.74, 6) is -0.837. The van der Waals surface area contributed by atoms with Gasteiger partial charge in [0, 0.05) is 23.5 Å². The van der Waals surface area contributed by atoms with Crippen LogP contribution in [0.25, 0.3) is 10.9 Å². The van der Waals surface area contributed by atoms with Gasteiger partial charge in [0.1, 0.15) is 6.04 Å². The number of aromatic amines is 1. The third kappa shape index (κ3) is 3.94. The molecule has 0 spiro atoms. The number of rotatable bonds is 7. The standard InChI is InChI=1S/C26H25N3O2/c1-26(19-10-4-2-5-11-19,20-12-6-3-7-13-20)25(31)29-23(24(27)30)16-18-17-28-22-15-9-8-14-21(18)22/h2-15,17,23,28H,16H2,1H3,(H2,27,30)(H,29,31)/t23-/m0/s1. The highest BCUT2D eigenvalue weighted by Gasteiger charge is 2.38. The molecule has 0 bridgehead atoms. The van der Waals surface area contributed by atoms with E-state index in [4.69, 9.17) is 5.73 Å². The maximum absolute atomic E-state index is 13.6. The quantitative estimate of drug-likeness (QED) is 0.433. The monoisotopic (exact) mass is 411 g/mol. The van der Waals surface area contributed by atoms with Crippen LogP contribution in [0.2, 0.25) is 0 Å². The van der Waals surface area contributed by atoms with Crippen molar-refractivity contribution >= 4 is 22.7 Å². The fraction of sp³-hybridized carbons (Fsp3) is 0.154. The number of hydrogen-bond donors (Lipinski definition) is 3. The summed E-state index contributed by atoms with van der Waals surface area (Å²) in [6.07, 6.45) is 2.17. The van der Waals surface area contributed by atoms with E-state index in [-0.39, 0.29) is 5.91 Å². The van der Waals surface area contributed by atoms with E-state index in [2.05, 4.69) is 10.3 Å². The first kappa shape index (κ1) is 20.4. The lowest BCUT2D eigenvalue weighted by atomic mass is 9.75. The normalized spacial score (nSPS) is 12.4. The van der Waals surface area contributed by atoms with Gasteiger partial charge in [0.05, 0.1) is 5.41 Å². The first-order valence-electron chi connectivity index (χ1n) is 10.3. The minimum Gasteiger partial charge on any atom is -0.368 e. The topological polar surface area (TPSA) is 88.0 Å². The number of para-hydroxylation sites is 1. The van der Waals surface area contributed by atoms with E-state index in [0.717, 1.165) is 27.6 Å². The summed E-state index contributed by atoms with van der Waals surface area (Å²) < 4.78 is 0. The zero-order valence-electron chi connectivity index (χ0n) is 17.3. The van der Waals surface area contributed by atoms with Crippen molar-refractivity contribution in [1.82, 2.24) is 10.3 Å². The van der Waals surface area contributed by atoms with Gasteiger partial charge >= 0.3 is 0 Å². The van der Waals surface area contributed by atoms with Crippen LogP contribution in [0.5, 0.6) is 0 Å². The number of nitrogens with one attached hydrogen (secondary N) is 2. The largest absolute Gasteiger partial charge is 0.368 e. The molecule has 0 fully saturated rings. The summed E-state index contributed by atoms with van der Waals surface area (Å²) in [5.41, 5.74) is 8.32. The number of fused-ring (bicyclic) bond motifs is 1. The Hall–Kier alpha value is -3.86. The van der Waals surface area contributed by atoms with Crippen LogP contribution in [0.4, 0.5) is 0 Å². The van der Waals surface area contributed by atoms with E-state index < -0.39 is 17.4 Å². The Morgan fingerprint density at radius 3 is 2.03 bits per heavy atom. The predicted molar refractivity (Wildman–Crippen MR) is 122 cm³/mol. The molecule has 5 heteroatoms. The number of hydrogen-bond acceptors (Lipinski definition) is 2. The van der Waals surface area contributed by atoms with Crippen LogP contribution in [0, 0.1) is 0 Å². The molecule has 31 heavy (non-hydrogen) atoms. The number of carbonyl (C=O) groups is 2. The lowest BCUT2D eigenvalue weighted by Crippen LogP contribution is -2.52. The second-order valence-electron chi connectivity index (χ2n) is 7.85. The summed E-state index contributed by atoms with van der Waals surface area (Å²) in [6.45, 7) is 1.87. The van der Waals surface area contributed by atoms with Crippen LogP contribution in [0.1, 0.15) is 23.6 Å². The Labute approximate surface area is 181 Å². The van der Waals surface area contributed by atoms with Gasteiger partial charge in [-0.15, -0.1) is 0 Å². The first-order valence-corrected chi connectivity index (χ1v) is 10.3. The molecule has 3 aromatic carbocycles. The molecule has 4 N–H and O–H groups in total. The third-order valence-electron chi connectivity index (χ3n) is 5.90. The van der Waals surface area contributed by atoms with E-state index in [1.54, 1.807) is 0 Å². The molecule has 2 amide bonds. The number of nitrogens with two attached hydrogens (primary N) is 1. The molecule has 4 aromatic rings. The van der Waals surface area contributed by atoms with Gasteiger partial charge in [0.25, 0.3) is 0 Å². The van der Waals surface area contributed by atoms with Crippen molar-refractivity contribution in [2.24, 2.45) is 5.73 Å². The van der Waals surface area contributed by atoms with Gasteiger partial charge in [0.15, 0.2) is 0 Å². The Morgan fingerprint density at radius 2 is 1.45 bits per heavy atom. The van der Waals surface area contributed by atoms with Crippen molar-refractivity contribution < 1.29 is 9.59 Å². The fourth-order valence-electron chi connectivity index (χ4n) is 4.02. The number of carbonyl (C=O) groups excluding carboxylic acids is 2. The van der Waals surface area contributed by atoms with Crippen LogP contribution in [0.3, 0.4) is 0 Å². The molecule has 4 rings (SSSR count). The molecule has 0 unspecified atom stereocenters. The van der Waals surface area contributed by atoms with Crippen molar-refractivity contribution in [2.75, 3.05) is 0 Å². The minimum absolute atomic E-state index is 0.270. The Kier molecular flexibility index (Phi) is 5.58. The van der Waals surface area contributed by atoms with Crippen LogP contribution in [-0.2, 0) is 21.4 Å². The van der Waals surface area contributed by atoms with E-state index in [1.165, 1.54) is 0 Å². The molecule has 0 aliphatic rings. The number of amides is 2. The highest BCUT2D eigenvalue weighted by Crippen LogP contribution is 2.32. The number of H-pyrrole nitrogens is 1. The molecule has 0 saturated carbocycles. The zero-order valence-corrected chi connectivity index (χ0v) is 17.3. The molecule has 1 heterocycles. The van der Waals surface area contributed by atoms with Gasteiger partial charge in [0.2, 0.25) is 11.8 Å². The fourth-order valence-corrected chi connectivity index (χ4v) is 4.02. The minimum atomic E-state index is -0.976. The van der Waals surface area contributed by atoms with E-state index >= 15 is 0 Å². The van der Waals surface area contributed by atoms with Crippen LogP contribution >= 0.6 is 0 Å². The van der Waals surface area contributed by atoms with Gasteiger partial charge in [-0.3, -0.25) is 9.59 Å². The van der Waals surface area contributed by atoms with Crippen LogP contribution < -0.4 is 11.1 Å². The maximum atomic E-state index is 13.6. The summed E-state index contributed by atoms with van der Waals surface area (Å²) in [5, 5.41) is 3.94. The Balaban J connectivity index is 1.67. The van der Waals surface area contributed by atoms with Gasteiger partial charge in [-0.2, -0.15) is 0 Å². The van der Waals surface area contributed by atoms with Crippen molar-refractivity contribution in [3.05, 3.63) is 108 Å². The first-order chi connectivity index (χ1) is 15.0. The van der Waals surface area contributed by atoms with Gasteiger partial charge in [-0.1, -0.05) is 78.9 Å². The van der Waals surface area contributed by atoms with Crippen molar-refractivity contribution in [2.45, 2.75) is 24.8 Å². The molecule has 0 radical (unpaired) electrons. The molecular formula is C26H25N3O2. The lowest BCUT2D eigenvalue weighted by Gasteiger charge is -2.31. The van der Waals surface area contributed by atoms with Gasteiger partial charge in [-0.25, -0.2) is 0 Å². The van der Waals surface area contributed by atoms with Crippen molar-refractivity contribution in [1.29, 1.82) is 0 Å².